The summed E-state index contributed by atoms with van der Waals surface area (Å²) in [5.74, 6) is 0.389. The van der Waals surface area contributed by atoms with Crippen LogP contribution in [-0.2, 0) is 0 Å². The summed E-state index contributed by atoms with van der Waals surface area (Å²) in [5, 5.41) is 4.86. The van der Waals surface area contributed by atoms with Crippen molar-refractivity contribution in [3.63, 3.8) is 0 Å². The molecule has 1 heterocycles. The molecular weight excluding hydrogens is 182 g/mol. The molecule has 66 valence electrons. The number of hydrogen-bond donors (Lipinski definition) is 4. The Hall–Kier alpha value is -1.43. The molecule has 0 radical (unpaired) electrons. The zero-order valence-corrected chi connectivity index (χ0v) is 6.80. The fraction of sp³-hybridized carbons (Fsp3) is 0.200. The van der Waals surface area contributed by atoms with Gasteiger partial charge in [-0.05, 0) is 6.08 Å². The number of halogens is 1. The van der Waals surface area contributed by atoms with Crippen molar-refractivity contribution in [2.45, 2.75) is 5.50 Å². The summed E-state index contributed by atoms with van der Waals surface area (Å²) in [6.07, 6.45) is 1.47. The van der Waals surface area contributed by atoms with Crippen LogP contribution in [0.25, 0.3) is 0 Å². The van der Waals surface area contributed by atoms with Gasteiger partial charge in [0.2, 0.25) is 0 Å². The van der Waals surface area contributed by atoms with Gasteiger partial charge >= 0.3 is 6.03 Å². The molecule has 1 rings (SSSR count). The minimum atomic E-state index is -0.705. The van der Waals surface area contributed by atoms with Gasteiger partial charge in [-0.25, -0.2) is 4.79 Å². The van der Waals surface area contributed by atoms with E-state index in [1.165, 1.54) is 6.08 Å². The van der Waals surface area contributed by atoms with Gasteiger partial charge in [0.05, 0.1) is 0 Å². The normalized spacial score (nSPS) is 21.9. The summed E-state index contributed by atoms with van der Waals surface area (Å²) in [7, 11) is 0. The maximum Gasteiger partial charge on any atom is 0.317 e. The fourth-order valence-electron chi connectivity index (χ4n) is 0.717. The van der Waals surface area contributed by atoms with Crippen molar-refractivity contribution in [1.82, 2.24) is 10.6 Å². The molecule has 1 aliphatic heterocycles. The Balaban J connectivity index is 2.69. The lowest BCUT2D eigenvalue weighted by molar-refractivity contribution is 0.251. The Morgan fingerprint density at radius 2 is 2.50 bits per heavy atom. The Morgan fingerprint density at radius 1 is 1.83 bits per heavy atom. The van der Waals surface area contributed by atoms with E-state index in [1.54, 1.807) is 0 Å². The van der Waals surface area contributed by atoms with Crippen molar-refractivity contribution < 1.29 is 4.79 Å². The van der Waals surface area contributed by atoms with Gasteiger partial charge in [-0.2, -0.15) is 4.99 Å². The van der Waals surface area contributed by atoms with Crippen molar-refractivity contribution in [1.29, 1.82) is 0 Å². The van der Waals surface area contributed by atoms with Crippen LogP contribution in [0, 0.1) is 0 Å². The minimum absolute atomic E-state index is 0.140. The monoisotopic (exact) mass is 189 g/mol. The van der Waals surface area contributed by atoms with E-state index in [0.29, 0.717) is 0 Å². The van der Waals surface area contributed by atoms with E-state index in [2.05, 4.69) is 15.6 Å². The number of aliphatic imine (C=N–C) groups is 1. The summed E-state index contributed by atoms with van der Waals surface area (Å²) in [4.78, 5) is 14.1. The maximum absolute atomic E-state index is 10.4. The van der Waals surface area contributed by atoms with Gasteiger partial charge in [0, 0.05) is 0 Å². The van der Waals surface area contributed by atoms with Crippen LogP contribution < -0.4 is 22.1 Å². The van der Waals surface area contributed by atoms with E-state index in [9.17, 15) is 4.79 Å². The third kappa shape index (κ3) is 2.31. The Kier molecular flexibility index (Phi) is 2.39. The van der Waals surface area contributed by atoms with Gasteiger partial charge in [-0.3, -0.25) is 5.32 Å². The molecule has 1 unspecified atom stereocenters. The lowest BCUT2D eigenvalue weighted by atomic mass is 10.5. The highest BCUT2D eigenvalue weighted by Gasteiger charge is 2.11. The molecule has 12 heavy (non-hydrogen) atoms. The first-order chi connectivity index (χ1) is 5.58. The first kappa shape index (κ1) is 8.66. The smallest absolute Gasteiger partial charge is 0.317 e. The highest BCUT2D eigenvalue weighted by molar-refractivity contribution is 6.22. The largest absolute Gasteiger partial charge is 0.370 e. The lowest BCUT2D eigenvalue weighted by Crippen LogP contribution is -2.41. The van der Waals surface area contributed by atoms with Crippen LogP contribution in [0.1, 0.15) is 0 Å². The molecular formula is C5H8ClN5O. The molecule has 0 aromatic carbocycles. The second-order valence-corrected chi connectivity index (χ2v) is 2.55. The first-order valence-electron chi connectivity index (χ1n) is 3.11. The van der Waals surface area contributed by atoms with Crippen LogP contribution in [0.2, 0.25) is 0 Å². The van der Waals surface area contributed by atoms with Crippen LogP contribution >= 0.6 is 11.6 Å². The quantitative estimate of drug-likeness (QED) is 0.313. The maximum atomic E-state index is 10.4. The van der Waals surface area contributed by atoms with Crippen LogP contribution in [0.3, 0.4) is 0 Å². The number of nitrogens with zero attached hydrogens (tertiary/aromatic N) is 1. The molecule has 2 amide bonds. The molecule has 6 nitrogen and oxygen atoms in total. The SMILES string of the molecule is NC(=O)NC1=CC(Cl)NC(N)=N1. The van der Waals surface area contributed by atoms with Gasteiger partial charge in [-0.15, -0.1) is 0 Å². The summed E-state index contributed by atoms with van der Waals surface area (Å²) in [5.41, 5.74) is 9.68. The summed E-state index contributed by atoms with van der Waals surface area (Å²) >= 11 is 5.65. The standard InChI is InChI=1S/C5H8ClN5O/c6-2-1-3(11-5(8)12)10-4(7)9-2/h1-2H,(H3,7,9,10)(H3,8,11,12). The number of nitrogens with one attached hydrogen (secondary N) is 2. The minimum Gasteiger partial charge on any atom is -0.370 e. The van der Waals surface area contributed by atoms with Crippen molar-refractivity contribution >= 4 is 23.6 Å². The van der Waals surface area contributed by atoms with Crippen LogP contribution in [0.5, 0.6) is 0 Å². The molecule has 0 fully saturated rings. The third-order valence-electron chi connectivity index (χ3n) is 1.08. The molecule has 0 saturated carbocycles. The van der Waals surface area contributed by atoms with Crippen molar-refractivity contribution in [2.75, 3.05) is 0 Å². The molecule has 1 aliphatic rings. The Bertz CT molecular complexity index is 261. The van der Waals surface area contributed by atoms with E-state index >= 15 is 0 Å². The van der Waals surface area contributed by atoms with E-state index in [-0.39, 0.29) is 11.8 Å². The summed E-state index contributed by atoms with van der Waals surface area (Å²) in [6, 6.07) is -0.705. The van der Waals surface area contributed by atoms with Gasteiger partial charge in [0.15, 0.2) is 5.96 Å². The Labute approximate surface area is 73.6 Å². The molecule has 0 saturated heterocycles. The number of carbonyl (C=O) groups excluding carboxylic acids is 1. The molecule has 0 aromatic heterocycles. The average molecular weight is 190 g/mol. The highest BCUT2D eigenvalue weighted by Crippen LogP contribution is 2.03. The molecule has 0 spiro atoms. The van der Waals surface area contributed by atoms with Crippen molar-refractivity contribution in [3.05, 3.63) is 11.9 Å². The number of hydrogen-bond acceptors (Lipinski definition) is 4. The van der Waals surface area contributed by atoms with E-state index in [1.807, 2.05) is 0 Å². The zero-order valence-electron chi connectivity index (χ0n) is 6.04. The van der Waals surface area contributed by atoms with Gasteiger partial charge in [0.25, 0.3) is 0 Å². The zero-order chi connectivity index (χ0) is 9.14. The van der Waals surface area contributed by atoms with Crippen molar-refractivity contribution in [3.8, 4) is 0 Å². The van der Waals surface area contributed by atoms with Crippen LogP contribution in [0.15, 0.2) is 16.9 Å². The predicted octanol–water partition coefficient (Wildman–Crippen LogP) is -1.02. The Morgan fingerprint density at radius 3 is 3.00 bits per heavy atom. The number of nitrogens with two attached hydrogens (primary N) is 2. The van der Waals surface area contributed by atoms with Crippen molar-refractivity contribution in [2.24, 2.45) is 16.5 Å². The average Bonchev–Trinajstić information content (AvgIpc) is 1.81. The second-order valence-electron chi connectivity index (χ2n) is 2.08. The second kappa shape index (κ2) is 3.31. The summed E-state index contributed by atoms with van der Waals surface area (Å²) < 4.78 is 0. The first-order valence-corrected chi connectivity index (χ1v) is 3.54. The number of guanidine groups is 1. The third-order valence-corrected chi connectivity index (χ3v) is 1.32. The molecule has 7 heteroatoms. The van der Waals surface area contributed by atoms with Gasteiger partial charge in [0.1, 0.15) is 11.3 Å². The topological polar surface area (TPSA) is 106 Å². The van der Waals surface area contributed by atoms with E-state index in [4.69, 9.17) is 23.1 Å². The van der Waals surface area contributed by atoms with E-state index in [0.717, 1.165) is 0 Å². The molecule has 0 aliphatic carbocycles. The van der Waals surface area contributed by atoms with Crippen LogP contribution in [0.4, 0.5) is 4.79 Å². The predicted molar refractivity (Wildman–Crippen MR) is 45.2 cm³/mol. The number of amides is 2. The molecule has 0 aromatic rings. The molecule has 6 N–H and O–H groups in total. The van der Waals surface area contributed by atoms with Gasteiger partial charge in [-0.1, -0.05) is 11.6 Å². The van der Waals surface area contributed by atoms with Crippen LogP contribution in [-0.4, -0.2) is 17.5 Å². The number of carbonyl (C=O) groups is 1. The number of primary amides is 1. The number of rotatable bonds is 1. The number of urea groups is 1. The lowest BCUT2D eigenvalue weighted by Gasteiger charge is -2.15. The fourth-order valence-corrected chi connectivity index (χ4v) is 0.948. The molecule has 0 bridgehead atoms. The van der Waals surface area contributed by atoms with E-state index < -0.39 is 11.5 Å². The highest BCUT2D eigenvalue weighted by atomic mass is 35.5. The molecule has 1 atom stereocenters. The number of alkyl halides is 1. The summed E-state index contributed by atoms with van der Waals surface area (Å²) in [6.45, 7) is 0. The van der Waals surface area contributed by atoms with Gasteiger partial charge < -0.3 is 16.8 Å².